The Kier molecular flexibility index (Phi) is 2.93. The molecule has 4 heteroatoms. The molecule has 3 nitrogen and oxygen atoms in total. The summed E-state index contributed by atoms with van der Waals surface area (Å²) in [5, 5.41) is 9.21. The first-order chi connectivity index (χ1) is 6.00. The molecule has 3 N–H and O–H groups in total. The van der Waals surface area contributed by atoms with E-state index in [4.69, 9.17) is 5.73 Å². The van der Waals surface area contributed by atoms with E-state index < -0.39 is 4.83 Å². The normalized spacial score (nSPS) is 12.5. The topological polar surface area (TPSA) is 63.3 Å². The summed E-state index contributed by atoms with van der Waals surface area (Å²) in [4.78, 5) is 10.6. The van der Waals surface area contributed by atoms with Crippen molar-refractivity contribution in [3.8, 4) is 5.75 Å². The number of nitrogens with two attached hydrogens (primary N) is 1. The first-order valence-corrected chi connectivity index (χ1v) is 4.66. The van der Waals surface area contributed by atoms with E-state index in [9.17, 15) is 9.90 Å². The highest BCUT2D eigenvalue weighted by atomic mass is 79.9. The molecule has 0 aliphatic rings. The van der Waals surface area contributed by atoms with E-state index in [1.165, 1.54) is 19.1 Å². The van der Waals surface area contributed by atoms with Crippen LogP contribution in [0.2, 0.25) is 0 Å². The lowest BCUT2D eigenvalue weighted by atomic mass is 10.1. The van der Waals surface area contributed by atoms with E-state index in [1.54, 1.807) is 6.07 Å². The summed E-state index contributed by atoms with van der Waals surface area (Å²) in [6, 6.07) is 4.60. The molecule has 0 aliphatic carbocycles. The van der Waals surface area contributed by atoms with Gasteiger partial charge >= 0.3 is 0 Å². The number of Topliss-reactive ketones (excluding diaryl/α,β-unsaturated/α-hetero) is 1. The number of alkyl halides is 1. The van der Waals surface area contributed by atoms with Gasteiger partial charge in [-0.25, -0.2) is 0 Å². The first kappa shape index (κ1) is 10.1. The average molecular weight is 244 g/mol. The van der Waals surface area contributed by atoms with Crippen molar-refractivity contribution in [3.05, 3.63) is 23.8 Å². The third-order valence-electron chi connectivity index (χ3n) is 1.61. The number of rotatable bonds is 2. The van der Waals surface area contributed by atoms with Gasteiger partial charge in [-0.1, -0.05) is 15.9 Å². The molecular weight excluding hydrogens is 234 g/mol. The van der Waals surface area contributed by atoms with Crippen LogP contribution in [0.4, 0.5) is 5.69 Å². The minimum absolute atomic E-state index is 0.0231. The van der Waals surface area contributed by atoms with Gasteiger partial charge in [-0.15, -0.1) is 0 Å². The largest absolute Gasteiger partial charge is 0.508 e. The second-order valence-electron chi connectivity index (χ2n) is 2.83. The molecule has 0 aliphatic heterocycles. The lowest BCUT2D eigenvalue weighted by Crippen LogP contribution is -2.01. The van der Waals surface area contributed by atoms with Gasteiger partial charge < -0.3 is 10.8 Å². The molecule has 0 radical (unpaired) electrons. The Morgan fingerprint density at radius 3 is 2.62 bits per heavy atom. The Balaban J connectivity index is 3.07. The maximum atomic E-state index is 11.0. The summed E-state index contributed by atoms with van der Waals surface area (Å²) < 4.78 is 0. The summed E-state index contributed by atoms with van der Waals surface area (Å²) in [6.07, 6.45) is 0. The van der Waals surface area contributed by atoms with Crippen LogP contribution in [-0.2, 0) is 4.79 Å². The number of ketones is 1. The maximum Gasteiger partial charge on any atom is 0.147 e. The molecule has 1 aromatic rings. The van der Waals surface area contributed by atoms with E-state index in [-0.39, 0.29) is 11.5 Å². The summed E-state index contributed by atoms with van der Waals surface area (Å²) in [5.74, 6) is 0.0469. The molecule has 0 saturated heterocycles. The van der Waals surface area contributed by atoms with Crippen molar-refractivity contribution in [2.45, 2.75) is 11.8 Å². The standard InChI is InChI=1S/C9H10BrNO2/c1-5(12)9(10)6-2-7(11)4-8(13)3-6/h2-4,9,13H,11H2,1H3. The van der Waals surface area contributed by atoms with Crippen LogP contribution in [0.5, 0.6) is 5.75 Å². The predicted molar refractivity (Wildman–Crippen MR) is 54.9 cm³/mol. The van der Waals surface area contributed by atoms with E-state index in [1.807, 2.05) is 0 Å². The number of nitrogen functional groups attached to an aromatic ring is 1. The Morgan fingerprint density at radius 1 is 1.54 bits per heavy atom. The number of carbonyl (C=O) groups is 1. The number of phenols is 1. The number of phenolic OH excluding ortho intramolecular Hbond substituents is 1. The smallest absolute Gasteiger partial charge is 0.147 e. The Bertz CT molecular complexity index is 318. The number of halogens is 1. The van der Waals surface area contributed by atoms with E-state index in [2.05, 4.69) is 15.9 Å². The van der Waals surface area contributed by atoms with Gasteiger partial charge in [0.1, 0.15) is 11.5 Å². The molecule has 13 heavy (non-hydrogen) atoms. The van der Waals surface area contributed by atoms with Crippen molar-refractivity contribution in [1.29, 1.82) is 0 Å². The summed E-state index contributed by atoms with van der Waals surface area (Å²) >= 11 is 3.20. The molecule has 1 rings (SSSR count). The third-order valence-corrected chi connectivity index (χ3v) is 2.79. The lowest BCUT2D eigenvalue weighted by molar-refractivity contribution is -0.116. The fourth-order valence-corrected chi connectivity index (χ4v) is 1.30. The predicted octanol–water partition coefficient (Wildman–Crippen LogP) is 2.00. The molecule has 1 atom stereocenters. The SMILES string of the molecule is CC(=O)C(Br)c1cc(N)cc(O)c1. The van der Waals surface area contributed by atoms with Crippen LogP contribution in [0.25, 0.3) is 0 Å². The monoisotopic (exact) mass is 243 g/mol. The summed E-state index contributed by atoms with van der Waals surface area (Å²) in [6.45, 7) is 1.47. The minimum atomic E-state index is -0.401. The molecule has 70 valence electrons. The van der Waals surface area contributed by atoms with E-state index >= 15 is 0 Å². The zero-order chi connectivity index (χ0) is 10.0. The number of hydrogen-bond donors (Lipinski definition) is 2. The number of anilines is 1. The van der Waals surface area contributed by atoms with E-state index in [0.29, 0.717) is 11.3 Å². The first-order valence-electron chi connectivity index (χ1n) is 3.74. The molecule has 0 heterocycles. The fourth-order valence-electron chi connectivity index (χ4n) is 1.04. The van der Waals surface area contributed by atoms with Crippen LogP contribution in [0, 0.1) is 0 Å². The van der Waals surface area contributed by atoms with Crippen molar-refractivity contribution >= 4 is 27.4 Å². The lowest BCUT2D eigenvalue weighted by Gasteiger charge is -2.07. The molecular formula is C9H10BrNO2. The van der Waals surface area contributed by atoms with Crippen molar-refractivity contribution in [1.82, 2.24) is 0 Å². The Hall–Kier alpha value is -1.03. The fraction of sp³-hybridized carbons (Fsp3) is 0.222. The molecule has 0 fully saturated rings. The quantitative estimate of drug-likeness (QED) is 0.617. The number of hydrogen-bond acceptors (Lipinski definition) is 3. The number of carbonyl (C=O) groups excluding carboxylic acids is 1. The van der Waals surface area contributed by atoms with Crippen molar-refractivity contribution < 1.29 is 9.90 Å². The second kappa shape index (κ2) is 3.79. The molecule has 1 aromatic carbocycles. The highest BCUT2D eigenvalue weighted by molar-refractivity contribution is 9.09. The maximum absolute atomic E-state index is 11.0. The van der Waals surface area contributed by atoms with Crippen molar-refractivity contribution in [2.24, 2.45) is 0 Å². The van der Waals surface area contributed by atoms with Gasteiger partial charge in [-0.2, -0.15) is 0 Å². The average Bonchev–Trinajstić information content (AvgIpc) is 2.01. The van der Waals surface area contributed by atoms with Crippen LogP contribution < -0.4 is 5.73 Å². The minimum Gasteiger partial charge on any atom is -0.508 e. The zero-order valence-electron chi connectivity index (χ0n) is 7.12. The van der Waals surface area contributed by atoms with Crippen LogP contribution in [0.15, 0.2) is 18.2 Å². The third kappa shape index (κ3) is 2.45. The highest BCUT2D eigenvalue weighted by Gasteiger charge is 2.13. The highest BCUT2D eigenvalue weighted by Crippen LogP contribution is 2.28. The summed E-state index contributed by atoms with van der Waals surface area (Å²) in [7, 11) is 0. The Labute approximate surface area is 84.7 Å². The zero-order valence-corrected chi connectivity index (χ0v) is 8.71. The molecule has 0 amide bonds. The van der Waals surface area contributed by atoms with Crippen LogP contribution in [0.3, 0.4) is 0 Å². The van der Waals surface area contributed by atoms with Gasteiger partial charge in [0.05, 0.1) is 4.83 Å². The van der Waals surface area contributed by atoms with Gasteiger partial charge in [0.2, 0.25) is 0 Å². The van der Waals surface area contributed by atoms with Crippen molar-refractivity contribution in [3.63, 3.8) is 0 Å². The van der Waals surface area contributed by atoms with E-state index in [0.717, 1.165) is 0 Å². The molecule has 0 aromatic heterocycles. The van der Waals surface area contributed by atoms with Gasteiger partial charge in [-0.3, -0.25) is 4.79 Å². The molecule has 0 saturated carbocycles. The molecule has 0 bridgehead atoms. The van der Waals surface area contributed by atoms with Crippen LogP contribution in [-0.4, -0.2) is 10.9 Å². The van der Waals surface area contributed by atoms with Gasteiger partial charge in [0, 0.05) is 11.8 Å². The Morgan fingerprint density at radius 2 is 2.15 bits per heavy atom. The molecule has 1 unspecified atom stereocenters. The summed E-state index contributed by atoms with van der Waals surface area (Å²) in [5.41, 5.74) is 6.62. The number of aromatic hydroxyl groups is 1. The second-order valence-corrected chi connectivity index (χ2v) is 3.75. The van der Waals surface area contributed by atoms with Crippen LogP contribution in [0.1, 0.15) is 17.3 Å². The van der Waals surface area contributed by atoms with Gasteiger partial charge in [0.15, 0.2) is 0 Å². The van der Waals surface area contributed by atoms with Crippen molar-refractivity contribution in [2.75, 3.05) is 5.73 Å². The number of benzene rings is 1. The van der Waals surface area contributed by atoms with Gasteiger partial charge in [-0.05, 0) is 24.6 Å². The molecule has 0 spiro atoms. The van der Waals surface area contributed by atoms with Crippen LogP contribution >= 0.6 is 15.9 Å². The van der Waals surface area contributed by atoms with Gasteiger partial charge in [0.25, 0.3) is 0 Å².